The van der Waals surface area contributed by atoms with Gasteiger partial charge in [-0.2, -0.15) is 13.2 Å². The molecule has 5 heteroatoms. The van der Waals surface area contributed by atoms with Crippen molar-refractivity contribution in [1.29, 1.82) is 0 Å². The predicted molar refractivity (Wildman–Crippen MR) is 97.5 cm³/mol. The maximum atomic E-state index is 12.7. The quantitative estimate of drug-likeness (QED) is 0.521. The van der Waals surface area contributed by atoms with E-state index in [9.17, 15) is 18.4 Å². The lowest BCUT2D eigenvalue weighted by molar-refractivity contribution is -0.137. The van der Waals surface area contributed by atoms with Gasteiger partial charge in [0, 0.05) is 6.54 Å². The molecule has 0 bridgehead atoms. The van der Waals surface area contributed by atoms with Crippen molar-refractivity contribution in [3.63, 3.8) is 0 Å². The average Bonchev–Trinajstić information content (AvgIpc) is 2.62. The van der Waals surface area contributed by atoms with Crippen LogP contribution in [0.25, 0.3) is 10.8 Å². The van der Waals surface area contributed by atoms with E-state index in [1.807, 2.05) is 42.5 Å². The molecule has 2 nitrogen and oxygen atoms in total. The minimum atomic E-state index is -4.34. The molecule has 3 aromatic rings. The molecule has 0 fully saturated rings. The smallest absolute Gasteiger partial charge is 0.416 e. The summed E-state index contributed by atoms with van der Waals surface area (Å²) in [5.74, 6) is 0. The van der Waals surface area contributed by atoms with E-state index in [4.69, 9.17) is 0 Å². The first-order valence-electron chi connectivity index (χ1n) is 8.48. The van der Waals surface area contributed by atoms with Crippen LogP contribution >= 0.6 is 0 Å². The third-order valence-corrected chi connectivity index (χ3v) is 4.35. The lowest BCUT2D eigenvalue weighted by atomic mass is 10.0. The van der Waals surface area contributed by atoms with Crippen LogP contribution in [-0.2, 0) is 19.1 Å². The Balaban J connectivity index is 1.57. The fourth-order valence-electron chi connectivity index (χ4n) is 3.06. The topological polar surface area (TPSA) is 26.3 Å². The molecule has 0 aliphatic rings. The Hall–Kier alpha value is -2.37. The van der Waals surface area contributed by atoms with Crippen LogP contribution in [-0.4, -0.2) is 11.6 Å². The average molecular weight is 358 g/mol. The van der Waals surface area contributed by atoms with Crippen LogP contribution < -0.4 is 0 Å². The number of aryl methyl sites for hydroxylation is 1. The molecule has 0 aliphatic carbocycles. The normalized spacial score (nSPS) is 12.0. The number of hydroxylamine groups is 2. The van der Waals surface area contributed by atoms with Gasteiger partial charge in [-0.25, -0.2) is 0 Å². The number of hydrogen-bond acceptors (Lipinski definition) is 2. The fourth-order valence-corrected chi connectivity index (χ4v) is 3.06. The number of alkyl halides is 3. The van der Waals surface area contributed by atoms with E-state index in [1.54, 1.807) is 6.07 Å². The van der Waals surface area contributed by atoms with E-state index in [0.717, 1.165) is 33.5 Å². The van der Waals surface area contributed by atoms with Crippen LogP contribution in [0.5, 0.6) is 0 Å². The van der Waals surface area contributed by atoms with Gasteiger partial charge >= 0.3 is 6.18 Å². The highest BCUT2D eigenvalue weighted by molar-refractivity contribution is 5.85. The second-order valence-electron chi connectivity index (χ2n) is 6.30. The molecule has 0 saturated heterocycles. The zero-order valence-electron chi connectivity index (χ0n) is 14.2. The van der Waals surface area contributed by atoms with Crippen LogP contribution in [0.15, 0.2) is 66.7 Å². The lowest BCUT2D eigenvalue weighted by Crippen LogP contribution is -2.18. The zero-order chi connectivity index (χ0) is 18.6. The van der Waals surface area contributed by atoms with Crippen molar-refractivity contribution in [2.75, 3.05) is 6.54 Å². The molecule has 3 rings (SSSR count). The van der Waals surface area contributed by atoms with E-state index in [0.29, 0.717) is 18.4 Å². The molecular formula is C21H19F3NO-. The molecule has 0 amide bonds. The van der Waals surface area contributed by atoms with Crippen molar-refractivity contribution in [3.05, 3.63) is 88.6 Å². The van der Waals surface area contributed by atoms with Crippen LogP contribution in [0.2, 0.25) is 0 Å². The van der Waals surface area contributed by atoms with Crippen LogP contribution in [0.1, 0.15) is 23.1 Å². The molecule has 0 aliphatic heterocycles. The second kappa shape index (κ2) is 7.89. The van der Waals surface area contributed by atoms with Gasteiger partial charge in [-0.15, -0.1) is 0 Å². The fraction of sp³-hybridized carbons (Fsp3) is 0.238. The van der Waals surface area contributed by atoms with E-state index in [-0.39, 0.29) is 13.1 Å². The van der Waals surface area contributed by atoms with Crippen molar-refractivity contribution in [2.45, 2.75) is 25.6 Å². The number of fused-ring (bicyclic) bond motifs is 1. The van der Waals surface area contributed by atoms with E-state index >= 15 is 0 Å². The molecule has 0 aromatic heterocycles. The summed E-state index contributed by atoms with van der Waals surface area (Å²) in [7, 11) is 0. The van der Waals surface area contributed by atoms with Crippen molar-refractivity contribution in [3.8, 4) is 0 Å². The highest BCUT2D eigenvalue weighted by Gasteiger charge is 2.30. The van der Waals surface area contributed by atoms with Crippen LogP contribution in [0.3, 0.4) is 0 Å². The summed E-state index contributed by atoms with van der Waals surface area (Å²) in [5, 5.41) is 15.3. The largest absolute Gasteiger partial charge is 0.785 e. The Morgan fingerprint density at radius 2 is 1.62 bits per heavy atom. The Kier molecular flexibility index (Phi) is 5.59. The summed E-state index contributed by atoms with van der Waals surface area (Å²) in [6, 6.07) is 19.0. The maximum Gasteiger partial charge on any atom is 0.416 e. The molecule has 26 heavy (non-hydrogen) atoms. The van der Waals surface area contributed by atoms with Gasteiger partial charge in [0.15, 0.2) is 0 Å². The Morgan fingerprint density at radius 1 is 0.885 bits per heavy atom. The number of rotatable bonds is 6. The Labute approximate surface area is 150 Å². The molecule has 0 saturated carbocycles. The summed E-state index contributed by atoms with van der Waals surface area (Å²) >= 11 is 0. The minimum Gasteiger partial charge on any atom is -0.785 e. The number of nitrogens with zero attached hydrogens (tertiary/aromatic N) is 1. The van der Waals surface area contributed by atoms with Gasteiger partial charge in [0.05, 0.1) is 5.56 Å². The summed E-state index contributed by atoms with van der Waals surface area (Å²) in [4.78, 5) is 0. The minimum absolute atomic E-state index is 0.268. The van der Waals surface area contributed by atoms with Gasteiger partial charge < -0.3 is 10.3 Å². The molecule has 136 valence electrons. The summed E-state index contributed by atoms with van der Waals surface area (Å²) in [6.07, 6.45) is -3.39. The molecule has 0 spiro atoms. The number of halogens is 3. The molecular weight excluding hydrogens is 339 g/mol. The molecule has 3 aromatic carbocycles. The van der Waals surface area contributed by atoms with Gasteiger partial charge in [0.1, 0.15) is 0 Å². The van der Waals surface area contributed by atoms with Crippen molar-refractivity contribution >= 4 is 10.8 Å². The van der Waals surface area contributed by atoms with Crippen molar-refractivity contribution in [2.24, 2.45) is 0 Å². The molecule has 0 N–H and O–H groups in total. The van der Waals surface area contributed by atoms with Gasteiger partial charge in [-0.1, -0.05) is 60.7 Å². The summed E-state index contributed by atoms with van der Waals surface area (Å²) in [5.41, 5.74) is 0.903. The van der Waals surface area contributed by atoms with Gasteiger partial charge in [-0.3, -0.25) is 0 Å². The van der Waals surface area contributed by atoms with Crippen molar-refractivity contribution < 1.29 is 13.2 Å². The highest BCUT2D eigenvalue weighted by atomic mass is 19.4. The van der Waals surface area contributed by atoms with Gasteiger partial charge in [0.25, 0.3) is 0 Å². The predicted octanol–water partition coefficient (Wildman–Crippen LogP) is 5.79. The van der Waals surface area contributed by atoms with Crippen LogP contribution in [0.4, 0.5) is 13.2 Å². The van der Waals surface area contributed by atoms with Crippen LogP contribution in [0, 0.1) is 5.21 Å². The summed E-state index contributed by atoms with van der Waals surface area (Å²) in [6.45, 7) is 0.545. The third kappa shape index (κ3) is 4.62. The first kappa shape index (κ1) is 18.4. The maximum absolute atomic E-state index is 12.7. The molecule has 0 atom stereocenters. The van der Waals surface area contributed by atoms with E-state index in [2.05, 4.69) is 0 Å². The van der Waals surface area contributed by atoms with Crippen molar-refractivity contribution in [1.82, 2.24) is 5.06 Å². The first-order valence-corrected chi connectivity index (χ1v) is 8.48. The highest BCUT2D eigenvalue weighted by Crippen LogP contribution is 2.29. The third-order valence-electron chi connectivity index (χ3n) is 4.35. The Morgan fingerprint density at radius 3 is 2.42 bits per heavy atom. The zero-order valence-corrected chi connectivity index (χ0v) is 14.2. The standard InChI is InChI=1S/C21H19F3NO/c22-21(23,24)19-11-3-6-16(14-19)7-5-13-25(26)15-18-10-4-9-17-8-1-2-12-20(17)18/h1-4,6,8-12,14H,5,7,13,15H2/q-1. The molecule has 0 radical (unpaired) electrons. The molecule has 0 heterocycles. The molecule has 0 unspecified atom stereocenters. The first-order chi connectivity index (χ1) is 12.4. The summed E-state index contributed by atoms with van der Waals surface area (Å²) < 4.78 is 38.2. The van der Waals surface area contributed by atoms with Gasteiger partial charge in [-0.05, 0) is 47.4 Å². The lowest BCUT2D eigenvalue weighted by Gasteiger charge is -2.28. The SMILES string of the molecule is [O-]N(CCCc1cccc(C(F)(F)F)c1)Cc1cccc2ccccc12. The number of hydrogen-bond donors (Lipinski definition) is 0. The number of benzene rings is 3. The van der Waals surface area contributed by atoms with Gasteiger partial charge in [0.2, 0.25) is 0 Å². The monoisotopic (exact) mass is 358 g/mol. The van der Waals surface area contributed by atoms with E-state index in [1.165, 1.54) is 6.07 Å². The van der Waals surface area contributed by atoms with E-state index < -0.39 is 11.7 Å². The second-order valence-corrected chi connectivity index (χ2v) is 6.30. The Bertz CT molecular complexity index is 871.